The van der Waals surface area contributed by atoms with Gasteiger partial charge in [0.05, 0.1) is 18.6 Å². The van der Waals surface area contributed by atoms with Crippen LogP contribution in [-0.2, 0) is 15.6 Å². The zero-order valence-electron chi connectivity index (χ0n) is 15.8. The van der Waals surface area contributed by atoms with E-state index in [1.54, 1.807) is 0 Å². The molecule has 1 aromatic rings. The Morgan fingerprint density at radius 2 is 1.75 bits per heavy atom. The maximum absolute atomic E-state index is 12.6. The van der Waals surface area contributed by atoms with Gasteiger partial charge in [0.25, 0.3) is 0 Å². The Labute approximate surface area is 145 Å². The molecule has 1 saturated carbocycles. The number of Topliss-reactive ketones (excluding diaryl/α,β-unsaturated/α-hetero) is 1. The molecule has 1 aliphatic carbocycles. The van der Waals surface area contributed by atoms with Gasteiger partial charge in [-0.05, 0) is 28.7 Å². The number of carbonyl (C=O) groups excluding carboxylic acids is 1. The van der Waals surface area contributed by atoms with Crippen LogP contribution in [0.15, 0.2) is 12.1 Å². The molecule has 3 atom stereocenters. The first-order valence-electron chi connectivity index (χ1n) is 9.02. The number of rotatable bonds is 0. The van der Waals surface area contributed by atoms with Crippen molar-refractivity contribution in [2.75, 3.05) is 6.61 Å². The normalized spacial score (nSPS) is 27.3. The molecule has 2 aliphatic rings. The van der Waals surface area contributed by atoms with Crippen LogP contribution >= 0.6 is 0 Å². The molecule has 0 unspecified atom stereocenters. The standard InChI is InChI=1S/C21H30O3/c1-20(2,3)13-10-14-17-16(22)9-12(18(17)23)7-8-24-19(14)15(11-13)21(4,5)6/h10-12,17-18,23H,7-9H2,1-6H3/t12-,17+,18+/m0/s1. The summed E-state index contributed by atoms with van der Waals surface area (Å²) in [7, 11) is 0. The molecule has 0 saturated heterocycles. The van der Waals surface area contributed by atoms with Crippen LogP contribution < -0.4 is 4.74 Å². The van der Waals surface area contributed by atoms with Crippen molar-refractivity contribution in [3.8, 4) is 5.75 Å². The Bertz CT molecular complexity index is 661. The van der Waals surface area contributed by atoms with Gasteiger partial charge >= 0.3 is 0 Å². The molecule has 24 heavy (non-hydrogen) atoms. The number of ketones is 1. The molecular weight excluding hydrogens is 300 g/mol. The zero-order chi connectivity index (χ0) is 17.9. The largest absolute Gasteiger partial charge is 0.493 e. The lowest BCUT2D eigenvalue weighted by atomic mass is 9.76. The van der Waals surface area contributed by atoms with Crippen LogP contribution in [-0.4, -0.2) is 23.6 Å². The van der Waals surface area contributed by atoms with E-state index in [0.717, 1.165) is 23.3 Å². The molecule has 3 rings (SSSR count). The third-order valence-electron chi connectivity index (χ3n) is 5.50. The van der Waals surface area contributed by atoms with Crippen LogP contribution in [0.2, 0.25) is 0 Å². The Balaban J connectivity index is 2.28. The minimum Gasteiger partial charge on any atom is -0.493 e. The van der Waals surface area contributed by atoms with E-state index in [2.05, 4.69) is 53.7 Å². The van der Waals surface area contributed by atoms with E-state index in [0.29, 0.717) is 13.0 Å². The zero-order valence-corrected chi connectivity index (χ0v) is 15.8. The van der Waals surface area contributed by atoms with Gasteiger partial charge in [-0.3, -0.25) is 4.79 Å². The lowest BCUT2D eigenvalue weighted by Gasteiger charge is -2.32. The van der Waals surface area contributed by atoms with Gasteiger partial charge in [-0.1, -0.05) is 53.7 Å². The number of benzene rings is 1. The highest BCUT2D eigenvalue weighted by Crippen LogP contribution is 2.47. The second-order valence-electron chi connectivity index (χ2n) is 9.48. The first-order valence-corrected chi connectivity index (χ1v) is 9.02. The number of carbonyl (C=O) groups is 1. The fourth-order valence-electron chi connectivity index (χ4n) is 3.94. The van der Waals surface area contributed by atoms with E-state index in [-0.39, 0.29) is 22.5 Å². The van der Waals surface area contributed by atoms with Gasteiger partial charge in [0.1, 0.15) is 11.5 Å². The highest BCUT2D eigenvalue weighted by Gasteiger charge is 2.45. The summed E-state index contributed by atoms with van der Waals surface area (Å²) in [5.74, 6) is 0.583. The fourth-order valence-corrected chi connectivity index (χ4v) is 3.94. The molecule has 0 spiro atoms. The number of aliphatic hydroxyl groups excluding tert-OH is 1. The molecule has 1 aliphatic heterocycles. The van der Waals surface area contributed by atoms with Gasteiger partial charge in [-0.15, -0.1) is 0 Å². The number of fused-ring (bicyclic) bond motifs is 4. The molecule has 1 N–H and O–H groups in total. The van der Waals surface area contributed by atoms with Crippen LogP contribution in [0, 0.1) is 5.92 Å². The number of aliphatic hydroxyl groups is 1. The van der Waals surface area contributed by atoms with Gasteiger partial charge in [0, 0.05) is 17.5 Å². The van der Waals surface area contributed by atoms with Crippen molar-refractivity contribution in [1.82, 2.24) is 0 Å². The minimum atomic E-state index is -0.580. The second-order valence-corrected chi connectivity index (χ2v) is 9.48. The summed E-state index contributed by atoms with van der Waals surface area (Å²) in [5.41, 5.74) is 3.11. The monoisotopic (exact) mass is 330 g/mol. The summed E-state index contributed by atoms with van der Waals surface area (Å²) < 4.78 is 6.17. The topological polar surface area (TPSA) is 46.5 Å². The van der Waals surface area contributed by atoms with Crippen molar-refractivity contribution in [2.24, 2.45) is 5.92 Å². The Hall–Kier alpha value is -1.35. The number of hydrogen-bond acceptors (Lipinski definition) is 3. The predicted octanol–water partition coefficient (Wildman–Crippen LogP) is 4.10. The molecule has 3 nitrogen and oxygen atoms in total. The molecule has 0 radical (unpaired) electrons. The van der Waals surface area contributed by atoms with Crippen molar-refractivity contribution in [1.29, 1.82) is 0 Å². The smallest absolute Gasteiger partial charge is 0.143 e. The number of ether oxygens (including phenoxy) is 1. The van der Waals surface area contributed by atoms with Crippen LogP contribution in [0.3, 0.4) is 0 Å². The van der Waals surface area contributed by atoms with Crippen molar-refractivity contribution in [3.05, 3.63) is 28.8 Å². The SMILES string of the molecule is CC(C)(C)c1cc2c(c(C(C)(C)C)c1)OCC[C@H]1CC(=O)[C@@H]2[C@@H]1O. The first kappa shape index (κ1) is 17.5. The van der Waals surface area contributed by atoms with Gasteiger partial charge in [0.15, 0.2) is 0 Å². The third-order valence-corrected chi connectivity index (χ3v) is 5.50. The molecular formula is C21H30O3. The lowest BCUT2D eigenvalue weighted by Crippen LogP contribution is -2.28. The second kappa shape index (κ2) is 5.59. The van der Waals surface area contributed by atoms with E-state index in [4.69, 9.17) is 4.74 Å². The average molecular weight is 330 g/mol. The molecule has 3 heteroatoms. The third kappa shape index (κ3) is 2.88. The average Bonchev–Trinajstić information content (AvgIpc) is 2.73. The summed E-state index contributed by atoms with van der Waals surface area (Å²) >= 11 is 0. The quantitative estimate of drug-likeness (QED) is 0.779. The lowest BCUT2D eigenvalue weighted by molar-refractivity contribution is -0.119. The van der Waals surface area contributed by atoms with Gasteiger partial charge in [0.2, 0.25) is 0 Å². The molecule has 0 aromatic heterocycles. The summed E-state index contributed by atoms with van der Waals surface area (Å²) in [4.78, 5) is 12.6. The summed E-state index contributed by atoms with van der Waals surface area (Å²) in [6.07, 6.45) is 0.635. The molecule has 1 heterocycles. The predicted molar refractivity (Wildman–Crippen MR) is 95.8 cm³/mol. The summed E-state index contributed by atoms with van der Waals surface area (Å²) in [6.45, 7) is 13.6. The van der Waals surface area contributed by atoms with E-state index >= 15 is 0 Å². The summed E-state index contributed by atoms with van der Waals surface area (Å²) in [6, 6.07) is 4.33. The van der Waals surface area contributed by atoms with E-state index in [1.807, 2.05) is 0 Å². The van der Waals surface area contributed by atoms with Crippen molar-refractivity contribution in [3.63, 3.8) is 0 Å². The molecule has 2 bridgehead atoms. The first-order chi connectivity index (χ1) is 11.0. The maximum Gasteiger partial charge on any atom is 0.143 e. The molecule has 1 fully saturated rings. The van der Waals surface area contributed by atoms with E-state index < -0.39 is 12.0 Å². The number of hydrogen-bond donors (Lipinski definition) is 1. The highest BCUT2D eigenvalue weighted by atomic mass is 16.5. The van der Waals surface area contributed by atoms with Crippen LogP contribution in [0.1, 0.15) is 77.0 Å². The fraction of sp³-hybridized carbons (Fsp3) is 0.667. The van der Waals surface area contributed by atoms with Crippen LogP contribution in [0.25, 0.3) is 0 Å². The van der Waals surface area contributed by atoms with E-state index in [1.165, 1.54) is 5.56 Å². The summed E-state index contributed by atoms with van der Waals surface area (Å²) in [5, 5.41) is 10.7. The van der Waals surface area contributed by atoms with Crippen LogP contribution in [0.5, 0.6) is 5.75 Å². The molecule has 0 amide bonds. The van der Waals surface area contributed by atoms with Crippen molar-refractivity contribution in [2.45, 2.75) is 77.2 Å². The highest BCUT2D eigenvalue weighted by molar-refractivity contribution is 5.90. The minimum absolute atomic E-state index is 0.0244. The Morgan fingerprint density at radius 3 is 2.33 bits per heavy atom. The Morgan fingerprint density at radius 1 is 1.08 bits per heavy atom. The van der Waals surface area contributed by atoms with Crippen molar-refractivity contribution < 1.29 is 14.6 Å². The van der Waals surface area contributed by atoms with Gasteiger partial charge < -0.3 is 9.84 Å². The van der Waals surface area contributed by atoms with Gasteiger partial charge in [-0.25, -0.2) is 0 Å². The van der Waals surface area contributed by atoms with Crippen LogP contribution in [0.4, 0.5) is 0 Å². The van der Waals surface area contributed by atoms with Gasteiger partial charge in [-0.2, -0.15) is 0 Å². The van der Waals surface area contributed by atoms with E-state index in [9.17, 15) is 9.90 Å². The maximum atomic E-state index is 12.6. The molecule has 1 aromatic carbocycles. The van der Waals surface area contributed by atoms with Crippen molar-refractivity contribution >= 4 is 5.78 Å². The molecule has 132 valence electrons. The Kier molecular flexibility index (Phi) is 4.07.